The number of carbonyl (C=O) groups excluding carboxylic acids is 1. The highest BCUT2D eigenvalue weighted by atomic mass is 16.5. The van der Waals surface area contributed by atoms with Gasteiger partial charge in [0, 0.05) is 17.3 Å². The Labute approximate surface area is 134 Å². The van der Waals surface area contributed by atoms with Crippen LogP contribution in [0.1, 0.15) is 15.9 Å². The Balaban J connectivity index is 2.21. The standard InChI is InChI=1S/C18H17NO4/c1-12-3-5-13(6-4-12)17(20)11-16(18(21)22)19-14-7-9-15(23-2)10-8-14/h3-11,19H,1-2H3,(H,21,22). The van der Waals surface area contributed by atoms with Gasteiger partial charge in [-0.25, -0.2) is 4.79 Å². The van der Waals surface area contributed by atoms with Crippen molar-refractivity contribution in [2.45, 2.75) is 6.92 Å². The summed E-state index contributed by atoms with van der Waals surface area (Å²) in [5, 5.41) is 12.0. The molecular formula is C18H17NO4. The van der Waals surface area contributed by atoms with Crippen molar-refractivity contribution in [3.63, 3.8) is 0 Å². The van der Waals surface area contributed by atoms with Crippen LogP contribution in [0.4, 0.5) is 5.69 Å². The van der Waals surface area contributed by atoms with Gasteiger partial charge in [0.25, 0.3) is 0 Å². The number of aryl methyl sites for hydroxylation is 1. The van der Waals surface area contributed by atoms with E-state index in [1.807, 2.05) is 6.92 Å². The Morgan fingerprint density at radius 1 is 1.04 bits per heavy atom. The van der Waals surface area contributed by atoms with Gasteiger partial charge in [-0.3, -0.25) is 4.79 Å². The number of aliphatic carboxylic acids is 1. The van der Waals surface area contributed by atoms with Crippen molar-refractivity contribution in [3.8, 4) is 5.75 Å². The summed E-state index contributed by atoms with van der Waals surface area (Å²) in [6.45, 7) is 1.91. The molecule has 0 spiro atoms. The number of hydrogen-bond acceptors (Lipinski definition) is 4. The van der Waals surface area contributed by atoms with Gasteiger partial charge in [-0.05, 0) is 31.2 Å². The molecule has 2 aromatic carbocycles. The summed E-state index contributed by atoms with van der Waals surface area (Å²) in [6.07, 6.45) is 1.08. The maximum atomic E-state index is 12.2. The van der Waals surface area contributed by atoms with Crippen LogP contribution in [0.5, 0.6) is 5.75 Å². The molecule has 0 heterocycles. The van der Waals surface area contributed by atoms with Gasteiger partial charge < -0.3 is 15.2 Å². The first-order valence-electron chi connectivity index (χ1n) is 6.96. The minimum Gasteiger partial charge on any atom is -0.497 e. The molecule has 5 nitrogen and oxygen atoms in total. The fourth-order valence-corrected chi connectivity index (χ4v) is 1.91. The van der Waals surface area contributed by atoms with Gasteiger partial charge >= 0.3 is 5.97 Å². The Bertz CT molecular complexity index is 731. The second-order valence-corrected chi connectivity index (χ2v) is 4.95. The molecule has 2 rings (SSSR count). The average molecular weight is 311 g/mol. The van der Waals surface area contributed by atoms with Crippen molar-refractivity contribution < 1.29 is 19.4 Å². The van der Waals surface area contributed by atoms with Crippen molar-refractivity contribution in [2.24, 2.45) is 0 Å². The van der Waals surface area contributed by atoms with Gasteiger partial charge in [0.2, 0.25) is 0 Å². The third-order valence-corrected chi connectivity index (χ3v) is 3.21. The highest BCUT2D eigenvalue weighted by Crippen LogP contribution is 2.17. The number of rotatable bonds is 6. The molecule has 0 atom stereocenters. The second kappa shape index (κ2) is 7.26. The molecule has 0 aliphatic carbocycles. The normalized spacial score (nSPS) is 11.0. The third kappa shape index (κ3) is 4.44. The molecule has 0 saturated carbocycles. The Hall–Kier alpha value is -3.08. The molecule has 0 unspecified atom stereocenters. The van der Waals surface area contributed by atoms with Crippen LogP contribution in [0.2, 0.25) is 0 Å². The van der Waals surface area contributed by atoms with Gasteiger partial charge in [-0.1, -0.05) is 29.8 Å². The molecule has 0 aliphatic heterocycles. The molecule has 0 aliphatic rings. The highest BCUT2D eigenvalue weighted by Gasteiger charge is 2.12. The minimum absolute atomic E-state index is 0.194. The first kappa shape index (κ1) is 16.3. The van der Waals surface area contributed by atoms with Gasteiger partial charge in [-0.2, -0.15) is 0 Å². The monoisotopic (exact) mass is 311 g/mol. The first-order valence-corrected chi connectivity index (χ1v) is 6.96. The smallest absolute Gasteiger partial charge is 0.352 e. The lowest BCUT2D eigenvalue weighted by atomic mass is 10.1. The maximum absolute atomic E-state index is 12.2. The molecule has 0 fully saturated rings. The molecule has 0 aromatic heterocycles. The van der Waals surface area contributed by atoms with Crippen LogP contribution in [0, 0.1) is 6.92 Å². The summed E-state index contributed by atoms with van der Waals surface area (Å²) in [6, 6.07) is 13.7. The van der Waals surface area contributed by atoms with E-state index in [1.54, 1.807) is 55.6 Å². The molecule has 2 aromatic rings. The second-order valence-electron chi connectivity index (χ2n) is 4.95. The Kier molecular flexibility index (Phi) is 5.15. The lowest BCUT2D eigenvalue weighted by Gasteiger charge is -2.08. The number of hydrogen-bond donors (Lipinski definition) is 2. The number of nitrogens with one attached hydrogen (secondary N) is 1. The van der Waals surface area contributed by atoms with Crippen LogP contribution in [-0.4, -0.2) is 24.0 Å². The van der Waals surface area contributed by atoms with E-state index >= 15 is 0 Å². The quantitative estimate of drug-likeness (QED) is 0.632. The van der Waals surface area contributed by atoms with Crippen molar-refractivity contribution in [2.75, 3.05) is 12.4 Å². The van der Waals surface area contributed by atoms with Crippen LogP contribution in [-0.2, 0) is 4.79 Å². The SMILES string of the molecule is COc1ccc(NC(=CC(=O)c2ccc(C)cc2)C(=O)O)cc1. The molecule has 2 N–H and O–H groups in total. The largest absolute Gasteiger partial charge is 0.497 e. The maximum Gasteiger partial charge on any atom is 0.352 e. The van der Waals surface area contributed by atoms with Crippen molar-refractivity contribution >= 4 is 17.4 Å². The van der Waals surface area contributed by atoms with E-state index in [0.717, 1.165) is 11.6 Å². The summed E-state index contributed by atoms with van der Waals surface area (Å²) in [5.41, 5.74) is 1.82. The fraction of sp³-hybridized carbons (Fsp3) is 0.111. The van der Waals surface area contributed by atoms with Crippen LogP contribution in [0.3, 0.4) is 0 Å². The molecule has 0 bridgehead atoms. The van der Waals surface area contributed by atoms with Crippen molar-refractivity contribution in [1.82, 2.24) is 0 Å². The van der Waals surface area contributed by atoms with Gasteiger partial charge in [0.1, 0.15) is 11.4 Å². The van der Waals surface area contributed by atoms with Crippen molar-refractivity contribution in [3.05, 3.63) is 71.4 Å². The van der Waals surface area contributed by atoms with Crippen molar-refractivity contribution in [1.29, 1.82) is 0 Å². The lowest BCUT2D eigenvalue weighted by Crippen LogP contribution is -2.13. The van der Waals surface area contributed by atoms with E-state index in [9.17, 15) is 14.7 Å². The predicted octanol–water partition coefficient (Wildman–Crippen LogP) is 3.27. The summed E-state index contributed by atoms with van der Waals surface area (Å²) in [7, 11) is 1.55. The van der Waals surface area contributed by atoms with E-state index < -0.39 is 5.97 Å². The number of carbonyl (C=O) groups is 2. The number of benzene rings is 2. The fourth-order valence-electron chi connectivity index (χ4n) is 1.91. The number of allylic oxidation sites excluding steroid dienone is 1. The summed E-state index contributed by atoms with van der Waals surface area (Å²) < 4.78 is 5.04. The van der Waals surface area contributed by atoms with Crippen LogP contribution in [0.25, 0.3) is 0 Å². The van der Waals surface area contributed by atoms with Crippen LogP contribution < -0.4 is 10.1 Å². The zero-order valence-electron chi connectivity index (χ0n) is 12.9. The summed E-state index contributed by atoms with van der Waals surface area (Å²) in [5.74, 6) is -0.920. The molecule has 0 radical (unpaired) electrons. The zero-order chi connectivity index (χ0) is 16.8. The summed E-state index contributed by atoms with van der Waals surface area (Å²) >= 11 is 0. The van der Waals surface area contributed by atoms with Gasteiger partial charge in [0.15, 0.2) is 5.78 Å². The molecule has 5 heteroatoms. The average Bonchev–Trinajstić information content (AvgIpc) is 2.55. The lowest BCUT2D eigenvalue weighted by molar-refractivity contribution is -0.132. The number of carboxylic acids is 1. The Morgan fingerprint density at radius 3 is 2.17 bits per heavy atom. The molecule has 0 saturated heterocycles. The number of methoxy groups -OCH3 is 1. The molecule has 0 amide bonds. The van der Waals surface area contributed by atoms with Crippen LogP contribution >= 0.6 is 0 Å². The van der Waals surface area contributed by atoms with Crippen LogP contribution in [0.15, 0.2) is 60.3 Å². The zero-order valence-corrected chi connectivity index (χ0v) is 12.9. The predicted molar refractivity (Wildman–Crippen MR) is 87.8 cm³/mol. The van der Waals surface area contributed by atoms with E-state index in [2.05, 4.69) is 5.32 Å². The molecule has 118 valence electrons. The Morgan fingerprint density at radius 2 is 1.65 bits per heavy atom. The number of anilines is 1. The van der Waals surface area contributed by atoms with E-state index in [-0.39, 0.29) is 11.5 Å². The van der Waals surface area contributed by atoms with E-state index in [0.29, 0.717) is 17.0 Å². The molecule has 23 heavy (non-hydrogen) atoms. The van der Waals surface area contributed by atoms with Gasteiger partial charge in [0.05, 0.1) is 7.11 Å². The number of carboxylic acid groups (broad SMARTS) is 1. The van der Waals surface area contributed by atoms with E-state index in [4.69, 9.17) is 4.74 Å². The minimum atomic E-state index is -1.21. The third-order valence-electron chi connectivity index (χ3n) is 3.21. The summed E-state index contributed by atoms with van der Waals surface area (Å²) in [4.78, 5) is 23.5. The first-order chi connectivity index (χ1) is 11.0. The number of ketones is 1. The molecular weight excluding hydrogens is 294 g/mol. The number of ether oxygens (including phenoxy) is 1. The highest BCUT2D eigenvalue weighted by molar-refractivity contribution is 6.09. The van der Waals surface area contributed by atoms with E-state index in [1.165, 1.54) is 0 Å². The topological polar surface area (TPSA) is 75.6 Å². The van der Waals surface area contributed by atoms with Gasteiger partial charge in [-0.15, -0.1) is 0 Å².